The first-order valence-corrected chi connectivity index (χ1v) is 11.6. The number of rotatable bonds is 7. The van der Waals surface area contributed by atoms with Crippen molar-refractivity contribution in [2.45, 2.75) is 19.1 Å². The summed E-state index contributed by atoms with van der Waals surface area (Å²) < 4.78 is 44.8. The molecule has 3 N–H and O–H groups in total. The molecular weight excluding hydrogens is 495 g/mol. The third-order valence-electron chi connectivity index (χ3n) is 5.85. The van der Waals surface area contributed by atoms with Crippen LogP contribution < -0.4 is 25.9 Å². The van der Waals surface area contributed by atoms with E-state index in [4.69, 9.17) is 4.74 Å². The summed E-state index contributed by atoms with van der Waals surface area (Å²) >= 11 is 0. The highest BCUT2D eigenvalue weighted by molar-refractivity contribution is 5.90. The number of anilines is 2. The van der Waals surface area contributed by atoms with Gasteiger partial charge in [-0.1, -0.05) is 6.07 Å². The Morgan fingerprint density at radius 3 is 2.76 bits per heavy atom. The van der Waals surface area contributed by atoms with Crippen molar-refractivity contribution < 1.29 is 32.3 Å². The molecule has 4 amide bonds. The van der Waals surface area contributed by atoms with Crippen molar-refractivity contribution in [3.05, 3.63) is 54.1 Å². The van der Waals surface area contributed by atoms with E-state index in [1.807, 2.05) is 11.4 Å². The second-order valence-corrected chi connectivity index (χ2v) is 8.36. The van der Waals surface area contributed by atoms with E-state index in [2.05, 4.69) is 15.7 Å². The third kappa shape index (κ3) is 6.58. The van der Waals surface area contributed by atoms with Gasteiger partial charge in [0, 0.05) is 38.6 Å². The van der Waals surface area contributed by atoms with Crippen LogP contribution in [0.25, 0.3) is 0 Å². The second-order valence-electron chi connectivity index (χ2n) is 8.36. The number of alkyl halides is 2. The van der Waals surface area contributed by atoms with Crippen LogP contribution in [0.3, 0.4) is 0 Å². The first-order chi connectivity index (χ1) is 17.8. The molecule has 4 rings (SSSR count). The Morgan fingerprint density at radius 1 is 1.19 bits per heavy atom. The number of hydrazine groups is 1. The zero-order valence-electron chi connectivity index (χ0n) is 19.7. The van der Waals surface area contributed by atoms with Gasteiger partial charge in [-0.05, 0) is 29.8 Å². The van der Waals surface area contributed by atoms with Gasteiger partial charge in [0.05, 0.1) is 31.0 Å². The molecule has 2 aliphatic heterocycles. The van der Waals surface area contributed by atoms with Crippen molar-refractivity contribution in [3.63, 3.8) is 0 Å². The molecule has 11 nitrogen and oxygen atoms in total. The molecule has 2 fully saturated rings. The standard InChI is InChI=1S/C23H26F3N7O4/c24-18-10-16(32-14-17(37-23(32)36)13-28-21(34)20(25)26)3-4-19(18)31-7-6-30-33(9-8-31)22(35)29-12-15-2-1-5-27-11-15/h1-5,10-11,17,20,30H,6-9,12-14H2,(H,28,34)(H,29,35)/t17-/m0/s1. The molecule has 0 radical (unpaired) electrons. The van der Waals surface area contributed by atoms with E-state index in [9.17, 15) is 23.2 Å². The van der Waals surface area contributed by atoms with E-state index in [1.54, 1.807) is 29.4 Å². The topological polar surface area (TPSA) is 119 Å². The molecular formula is C23H26F3N7O4. The number of nitrogens with one attached hydrogen (secondary N) is 3. The maximum absolute atomic E-state index is 15.1. The maximum atomic E-state index is 15.1. The van der Waals surface area contributed by atoms with Gasteiger partial charge < -0.3 is 20.3 Å². The molecule has 0 spiro atoms. The highest BCUT2D eigenvalue weighted by Crippen LogP contribution is 2.28. The lowest BCUT2D eigenvalue weighted by atomic mass is 10.2. The van der Waals surface area contributed by atoms with Crippen LogP contribution in [0.4, 0.5) is 34.1 Å². The highest BCUT2D eigenvalue weighted by Gasteiger charge is 2.33. The van der Waals surface area contributed by atoms with E-state index < -0.39 is 30.3 Å². The van der Waals surface area contributed by atoms with Crippen LogP contribution in [-0.2, 0) is 16.1 Å². The molecule has 0 bridgehead atoms. The van der Waals surface area contributed by atoms with Gasteiger partial charge in [-0.2, -0.15) is 8.78 Å². The van der Waals surface area contributed by atoms with E-state index in [0.717, 1.165) is 5.56 Å². The summed E-state index contributed by atoms with van der Waals surface area (Å²) in [6, 6.07) is 7.59. The number of carbonyl (C=O) groups excluding carboxylic acids is 3. The molecule has 198 valence electrons. The quantitative estimate of drug-likeness (QED) is 0.505. The van der Waals surface area contributed by atoms with E-state index in [1.165, 1.54) is 22.0 Å². The largest absolute Gasteiger partial charge is 0.442 e. The predicted molar refractivity (Wildman–Crippen MR) is 126 cm³/mol. The number of halogens is 3. The van der Waals surface area contributed by atoms with Crippen LogP contribution in [0.1, 0.15) is 5.56 Å². The lowest BCUT2D eigenvalue weighted by Crippen LogP contribution is -2.48. The normalized spacial score (nSPS) is 18.0. The first-order valence-electron chi connectivity index (χ1n) is 11.6. The van der Waals surface area contributed by atoms with Crippen molar-refractivity contribution in [2.75, 3.05) is 49.1 Å². The van der Waals surface area contributed by atoms with Gasteiger partial charge in [-0.3, -0.25) is 19.7 Å². The zero-order chi connectivity index (χ0) is 26.4. The molecule has 2 aromatic rings. The molecule has 14 heteroatoms. The lowest BCUT2D eigenvalue weighted by Gasteiger charge is -2.24. The summed E-state index contributed by atoms with van der Waals surface area (Å²) in [6.45, 7) is 1.50. The van der Waals surface area contributed by atoms with Crippen LogP contribution in [0.15, 0.2) is 42.7 Å². The fourth-order valence-corrected chi connectivity index (χ4v) is 3.97. The summed E-state index contributed by atoms with van der Waals surface area (Å²) in [5.74, 6) is -2.03. The predicted octanol–water partition coefficient (Wildman–Crippen LogP) is 1.46. The molecule has 0 saturated carbocycles. The van der Waals surface area contributed by atoms with Crippen molar-refractivity contribution in [1.82, 2.24) is 26.1 Å². The van der Waals surface area contributed by atoms with Crippen LogP contribution in [0.2, 0.25) is 0 Å². The van der Waals surface area contributed by atoms with Crippen molar-refractivity contribution >= 4 is 29.4 Å². The Bertz CT molecular complexity index is 1120. The number of carbonyl (C=O) groups is 3. The number of hydrogen-bond donors (Lipinski definition) is 3. The Hall–Kier alpha value is -4.07. The minimum Gasteiger partial charge on any atom is -0.442 e. The van der Waals surface area contributed by atoms with Crippen LogP contribution in [0, 0.1) is 5.82 Å². The van der Waals surface area contributed by atoms with Gasteiger partial charge in [-0.25, -0.2) is 19.4 Å². The average Bonchev–Trinajstić information content (AvgIpc) is 3.09. The number of cyclic esters (lactones) is 1. The summed E-state index contributed by atoms with van der Waals surface area (Å²) in [5.41, 5.74) is 4.42. The fraction of sp³-hybridized carbons (Fsp3) is 0.391. The van der Waals surface area contributed by atoms with E-state index in [0.29, 0.717) is 38.4 Å². The summed E-state index contributed by atoms with van der Waals surface area (Å²) in [4.78, 5) is 42.7. The number of hydrogen-bond acceptors (Lipinski definition) is 7. The molecule has 1 aromatic carbocycles. The molecule has 37 heavy (non-hydrogen) atoms. The van der Waals surface area contributed by atoms with Crippen LogP contribution in [-0.4, -0.2) is 79.8 Å². The highest BCUT2D eigenvalue weighted by atomic mass is 19.3. The second kappa shape index (κ2) is 11.8. The summed E-state index contributed by atoms with van der Waals surface area (Å²) in [7, 11) is 0. The Morgan fingerprint density at radius 2 is 2.03 bits per heavy atom. The van der Waals surface area contributed by atoms with E-state index in [-0.39, 0.29) is 24.8 Å². The van der Waals surface area contributed by atoms with Gasteiger partial charge in [0.15, 0.2) is 0 Å². The Labute approximate surface area is 210 Å². The maximum Gasteiger partial charge on any atom is 0.414 e. The molecule has 2 saturated heterocycles. The average molecular weight is 522 g/mol. The minimum absolute atomic E-state index is 0.0299. The van der Waals surface area contributed by atoms with Gasteiger partial charge >= 0.3 is 18.5 Å². The molecule has 1 atom stereocenters. The van der Waals surface area contributed by atoms with Crippen LogP contribution in [0.5, 0.6) is 0 Å². The first kappa shape index (κ1) is 26.0. The number of aromatic nitrogens is 1. The Balaban J connectivity index is 1.32. The van der Waals surface area contributed by atoms with Crippen molar-refractivity contribution in [2.24, 2.45) is 0 Å². The van der Waals surface area contributed by atoms with Gasteiger partial charge in [0.1, 0.15) is 11.9 Å². The van der Waals surface area contributed by atoms with Gasteiger partial charge in [0.25, 0.3) is 5.91 Å². The third-order valence-corrected chi connectivity index (χ3v) is 5.85. The number of pyridine rings is 1. The fourth-order valence-electron chi connectivity index (χ4n) is 3.97. The monoisotopic (exact) mass is 521 g/mol. The molecule has 2 aliphatic rings. The number of benzene rings is 1. The summed E-state index contributed by atoms with van der Waals surface area (Å²) in [6.07, 6.45) is -1.47. The smallest absolute Gasteiger partial charge is 0.414 e. The number of ether oxygens (including phenoxy) is 1. The SMILES string of the molecule is O=C(NC[C@H]1CN(c2ccc(N3CCNN(C(=O)NCc4cccnc4)CC3)c(F)c2)C(=O)O1)C(F)F. The minimum atomic E-state index is -3.17. The lowest BCUT2D eigenvalue weighted by molar-refractivity contribution is -0.132. The molecule has 1 aromatic heterocycles. The van der Waals surface area contributed by atoms with Crippen molar-refractivity contribution in [3.8, 4) is 0 Å². The number of amides is 4. The van der Waals surface area contributed by atoms with Gasteiger partial charge in [-0.15, -0.1) is 0 Å². The zero-order valence-corrected chi connectivity index (χ0v) is 19.7. The van der Waals surface area contributed by atoms with E-state index >= 15 is 4.39 Å². The molecule has 0 unspecified atom stereocenters. The number of urea groups is 1. The van der Waals surface area contributed by atoms with Crippen LogP contribution >= 0.6 is 0 Å². The summed E-state index contributed by atoms with van der Waals surface area (Å²) in [5, 5.41) is 6.25. The van der Waals surface area contributed by atoms with Gasteiger partial charge in [0.2, 0.25) is 0 Å². The number of nitrogens with zero attached hydrogens (tertiary/aromatic N) is 4. The molecule has 3 heterocycles. The molecule has 0 aliphatic carbocycles. The van der Waals surface area contributed by atoms with Crippen molar-refractivity contribution in [1.29, 1.82) is 0 Å². The Kier molecular flexibility index (Phi) is 8.28.